The number of carbonyl (C=O) groups is 2. The number of nitrogens with zero attached hydrogens (tertiary/aromatic N) is 2. The lowest BCUT2D eigenvalue weighted by Gasteiger charge is -2.12. The van der Waals surface area contributed by atoms with Gasteiger partial charge in [-0.25, -0.2) is 0 Å². The van der Waals surface area contributed by atoms with Gasteiger partial charge in [-0.3, -0.25) is 9.59 Å². The van der Waals surface area contributed by atoms with Crippen molar-refractivity contribution in [3.05, 3.63) is 85.2 Å². The summed E-state index contributed by atoms with van der Waals surface area (Å²) >= 11 is 0. The lowest BCUT2D eigenvalue weighted by molar-refractivity contribution is -0.104. The molecule has 0 amide bonds. The Bertz CT molecular complexity index is 592. The number of allylic oxidation sites excluding steroid dienone is 2. The molecule has 0 fully saturated rings. The van der Waals surface area contributed by atoms with Crippen LogP contribution >= 0.6 is 0 Å². The molecule has 0 aliphatic carbocycles. The smallest absolute Gasteiger partial charge is 0.144 e. The van der Waals surface area contributed by atoms with Gasteiger partial charge in [0, 0.05) is 37.9 Å². The van der Waals surface area contributed by atoms with Gasteiger partial charge in [0.05, 0.1) is 0 Å². The Morgan fingerprint density at radius 2 is 0.958 bits per heavy atom. The third-order valence-electron chi connectivity index (χ3n) is 3.10. The molecule has 0 saturated carbocycles. The zero-order valence-corrected chi connectivity index (χ0v) is 13.9. The maximum atomic E-state index is 10.0. The molecule has 0 spiro atoms. The van der Waals surface area contributed by atoms with Crippen LogP contribution in [-0.2, 0) is 9.59 Å². The van der Waals surface area contributed by atoms with Crippen LogP contribution in [0, 0.1) is 0 Å². The van der Waals surface area contributed by atoms with Crippen LogP contribution in [0.5, 0.6) is 0 Å². The van der Waals surface area contributed by atoms with Crippen LogP contribution in [-0.4, -0.2) is 26.7 Å². The first-order valence-corrected chi connectivity index (χ1v) is 7.48. The van der Waals surface area contributed by atoms with E-state index in [1.165, 1.54) is 12.2 Å². The molecule has 4 heteroatoms. The minimum absolute atomic E-state index is 0.763. The van der Waals surface area contributed by atoms with E-state index in [-0.39, 0.29) is 0 Å². The highest BCUT2D eigenvalue weighted by Crippen LogP contribution is 2.11. The van der Waals surface area contributed by atoms with Crippen molar-refractivity contribution in [1.82, 2.24) is 0 Å². The zero-order valence-electron chi connectivity index (χ0n) is 13.9. The maximum Gasteiger partial charge on any atom is 0.144 e. The number of carbonyl (C=O) groups excluding carboxylic acids is 2. The van der Waals surface area contributed by atoms with Gasteiger partial charge in [-0.1, -0.05) is 36.4 Å². The van der Waals surface area contributed by atoms with Crippen molar-refractivity contribution < 1.29 is 9.59 Å². The van der Waals surface area contributed by atoms with Crippen LogP contribution < -0.4 is 9.80 Å². The van der Waals surface area contributed by atoms with E-state index in [9.17, 15) is 9.59 Å². The Morgan fingerprint density at radius 1 is 0.625 bits per heavy atom. The number of aldehydes is 2. The summed E-state index contributed by atoms with van der Waals surface area (Å²) in [4.78, 5) is 23.8. The molecule has 124 valence electrons. The van der Waals surface area contributed by atoms with Crippen molar-refractivity contribution >= 4 is 23.9 Å². The number of anilines is 2. The van der Waals surface area contributed by atoms with Gasteiger partial charge in [-0.05, 0) is 36.4 Å². The highest BCUT2D eigenvalue weighted by molar-refractivity contribution is 5.66. The van der Waals surface area contributed by atoms with Gasteiger partial charge < -0.3 is 9.80 Å². The van der Waals surface area contributed by atoms with Gasteiger partial charge in [0.15, 0.2) is 0 Å². The largest absolute Gasteiger partial charge is 0.351 e. The Labute approximate surface area is 143 Å². The highest BCUT2D eigenvalue weighted by atomic mass is 16.1. The van der Waals surface area contributed by atoms with E-state index < -0.39 is 0 Å². The molecule has 0 aromatic heterocycles. The summed E-state index contributed by atoms with van der Waals surface area (Å²) in [6, 6.07) is 19.7. The van der Waals surface area contributed by atoms with E-state index in [2.05, 4.69) is 0 Å². The fourth-order valence-corrected chi connectivity index (χ4v) is 1.83. The zero-order chi connectivity index (χ0) is 17.6. The van der Waals surface area contributed by atoms with Crippen molar-refractivity contribution in [3.63, 3.8) is 0 Å². The summed E-state index contributed by atoms with van der Waals surface area (Å²) in [5, 5.41) is 0. The van der Waals surface area contributed by atoms with Crippen LogP contribution in [0.25, 0.3) is 0 Å². The van der Waals surface area contributed by atoms with Crippen molar-refractivity contribution in [3.8, 4) is 0 Å². The van der Waals surface area contributed by atoms with Crippen LogP contribution in [0.2, 0.25) is 0 Å². The second kappa shape index (κ2) is 11.4. The quantitative estimate of drug-likeness (QED) is 0.601. The van der Waals surface area contributed by atoms with E-state index in [1.807, 2.05) is 84.6 Å². The van der Waals surface area contributed by atoms with E-state index in [0.717, 1.165) is 23.9 Å². The molecule has 2 rings (SSSR count). The number of para-hydroxylation sites is 2. The number of benzene rings is 2. The average molecular weight is 322 g/mol. The first-order chi connectivity index (χ1) is 11.7. The Hall–Kier alpha value is -3.14. The van der Waals surface area contributed by atoms with Crippen LogP contribution in [0.3, 0.4) is 0 Å². The van der Waals surface area contributed by atoms with Crippen molar-refractivity contribution in [2.75, 3.05) is 23.9 Å². The monoisotopic (exact) mass is 322 g/mol. The fourth-order valence-electron chi connectivity index (χ4n) is 1.83. The first-order valence-electron chi connectivity index (χ1n) is 7.48. The van der Waals surface area contributed by atoms with Gasteiger partial charge in [0.1, 0.15) is 12.6 Å². The Balaban J connectivity index is 0.000000240. The van der Waals surface area contributed by atoms with Crippen LogP contribution in [0.15, 0.2) is 85.2 Å². The molecular formula is C20H22N2O2. The van der Waals surface area contributed by atoms with Crippen molar-refractivity contribution in [2.24, 2.45) is 0 Å². The summed E-state index contributed by atoms with van der Waals surface area (Å²) < 4.78 is 0. The van der Waals surface area contributed by atoms with Gasteiger partial charge in [-0.2, -0.15) is 0 Å². The number of hydrogen-bond donors (Lipinski definition) is 0. The molecular weight excluding hydrogens is 300 g/mol. The minimum Gasteiger partial charge on any atom is -0.351 e. The predicted octanol–water partition coefficient (Wildman–Crippen LogP) is 3.67. The molecule has 4 nitrogen and oxygen atoms in total. The summed E-state index contributed by atoms with van der Waals surface area (Å²) in [5.74, 6) is 0. The second-order valence-electron chi connectivity index (χ2n) is 4.85. The maximum absolute atomic E-state index is 10.0. The summed E-state index contributed by atoms with van der Waals surface area (Å²) in [6.45, 7) is 0. The third kappa shape index (κ3) is 7.22. The van der Waals surface area contributed by atoms with Gasteiger partial charge in [-0.15, -0.1) is 0 Å². The third-order valence-corrected chi connectivity index (χ3v) is 3.10. The summed E-state index contributed by atoms with van der Waals surface area (Å²) in [5.41, 5.74) is 2.13. The lowest BCUT2D eigenvalue weighted by Crippen LogP contribution is -2.07. The average Bonchev–Trinajstić information content (AvgIpc) is 2.66. The molecule has 24 heavy (non-hydrogen) atoms. The standard InChI is InChI=1S/2C10H11NO/c2*1-11(8-5-9-12)10-6-3-2-4-7-10/h2*2-9H,1H3/b8-5+;. The Morgan fingerprint density at radius 3 is 1.25 bits per heavy atom. The molecule has 0 heterocycles. The molecule has 0 aliphatic rings. The predicted molar refractivity (Wildman–Crippen MR) is 100 cm³/mol. The topological polar surface area (TPSA) is 40.6 Å². The summed E-state index contributed by atoms with van der Waals surface area (Å²) in [6.07, 6.45) is 7.91. The van der Waals surface area contributed by atoms with Gasteiger partial charge >= 0.3 is 0 Å². The van der Waals surface area contributed by atoms with E-state index in [1.54, 1.807) is 12.4 Å². The number of rotatable bonds is 6. The molecule has 0 radical (unpaired) electrons. The first kappa shape index (κ1) is 18.9. The SMILES string of the molecule is CN(/C=C/C=O)c1ccccc1.CN(C=CC=O)c1ccccc1. The number of hydrogen-bond acceptors (Lipinski definition) is 4. The normalized spacial score (nSPS) is 10.1. The molecule has 0 unspecified atom stereocenters. The molecule has 0 bridgehead atoms. The van der Waals surface area contributed by atoms with Crippen LogP contribution in [0.4, 0.5) is 11.4 Å². The molecule has 0 aliphatic heterocycles. The molecule has 0 atom stereocenters. The molecule has 2 aromatic carbocycles. The lowest BCUT2D eigenvalue weighted by atomic mass is 10.3. The van der Waals surface area contributed by atoms with Crippen LogP contribution in [0.1, 0.15) is 0 Å². The van der Waals surface area contributed by atoms with Gasteiger partial charge in [0.25, 0.3) is 0 Å². The van der Waals surface area contributed by atoms with Crippen molar-refractivity contribution in [1.29, 1.82) is 0 Å². The van der Waals surface area contributed by atoms with E-state index in [0.29, 0.717) is 0 Å². The fraction of sp³-hybridized carbons (Fsp3) is 0.100. The molecule has 2 aromatic rings. The molecule has 0 N–H and O–H groups in total. The highest BCUT2D eigenvalue weighted by Gasteiger charge is 1.92. The second-order valence-corrected chi connectivity index (χ2v) is 4.85. The minimum atomic E-state index is 0.763. The van der Waals surface area contributed by atoms with E-state index >= 15 is 0 Å². The molecule has 0 saturated heterocycles. The van der Waals surface area contributed by atoms with E-state index in [4.69, 9.17) is 0 Å². The van der Waals surface area contributed by atoms with Crippen molar-refractivity contribution in [2.45, 2.75) is 0 Å². The Kier molecular flexibility index (Phi) is 9.01. The van der Waals surface area contributed by atoms with Gasteiger partial charge in [0.2, 0.25) is 0 Å². The summed E-state index contributed by atoms with van der Waals surface area (Å²) in [7, 11) is 3.80.